The second kappa shape index (κ2) is 8.57. The number of benzene rings is 4. The average molecular weight is 567 g/mol. The number of fused-ring (bicyclic) bond motifs is 9. The van der Waals surface area contributed by atoms with Crippen LogP contribution in [-0.2, 0) is 0 Å². The number of aromatic nitrogens is 2. The molecule has 40 heavy (non-hydrogen) atoms. The Kier molecular flexibility index (Phi) is 4.81. The van der Waals surface area contributed by atoms with Crippen LogP contribution < -0.4 is 4.74 Å². The maximum absolute atomic E-state index is 6.40. The zero-order chi connectivity index (χ0) is 26.2. The summed E-state index contributed by atoms with van der Waals surface area (Å²) in [5.41, 5.74) is 4.52. The Labute approximate surface area is 240 Å². The summed E-state index contributed by atoms with van der Waals surface area (Å²) in [4.78, 5) is 9.26. The minimum atomic E-state index is 0.822. The first-order valence-corrected chi connectivity index (χ1v) is 15.4. The Morgan fingerprint density at radius 2 is 0.875 bits per heavy atom. The van der Waals surface area contributed by atoms with Crippen LogP contribution in [0.2, 0.25) is 0 Å². The van der Waals surface area contributed by atoms with Crippen LogP contribution in [0.15, 0.2) is 109 Å². The molecule has 9 rings (SSSR count). The molecule has 0 aliphatic rings. The second-order valence-corrected chi connectivity index (χ2v) is 13.1. The number of pyridine rings is 2. The third-order valence-electron chi connectivity index (χ3n) is 7.43. The molecular weight excluding hydrogens is 549 g/mol. The smallest absolute Gasteiger partial charge is 0.128 e. The Morgan fingerprint density at radius 3 is 1.50 bits per heavy atom. The van der Waals surface area contributed by atoms with Crippen molar-refractivity contribution in [3.05, 3.63) is 109 Å². The van der Waals surface area contributed by atoms with Gasteiger partial charge in [-0.3, -0.25) is 9.97 Å². The number of hydrogen-bond acceptors (Lipinski definition) is 6. The lowest BCUT2D eigenvalue weighted by Crippen LogP contribution is -1.84. The van der Waals surface area contributed by atoms with Crippen molar-refractivity contribution in [1.82, 2.24) is 9.97 Å². The predicted molar refractivity (Wildman–Crippen MR) is 173 cm³/mol. The monoisotopic (exact) mass is 566 g/mol. The minimum Gasteiger partial charge on any atom is -0.457 e. The first-order chi connectivity index (χ1) is 19.8. The van der Waals surface area contributed by atoms with Gasteiger partial charge >= 0.3 is 0 Å². The van der Waals surface area contributed by atoms with Gasteiger partial charge in [0.25, 0.3) is 0 Å². The summed E-state index contributed by atoms with van der Waals surface area (Å²) >= 11 is 5.38. The lowest BCUT2D eigenvalue weighted by molar-refractivity contribution is 0.484. The van der Waals surface area contributed by atoms with Crippen LogP contribution in [0.5, 0.6) is 11.5 Å². The summed E-state index contributed by atoms with van der Waals surface area (Å²) in [6.45, 7) is 0. The number of thiophene rings is 3. The molecule has 3 nitrogen and oxygen atoms in total. The highest BCUT2D eigenvalue weighted by atomic mass is 32.1. The maximum Gasteiger partial charge on any atom is 0.128 e. The molecule has 0 spiro atoms. The van der Waals surface area contributed by atoms with Crippen molar-refractivity contribution in [2.24, 2.45) is 0 Å². The van der Waals surface area contributed by atoms with E-state index >= 15 is 0 Å². The zero-order valence-corrected chi connectivity index (χ0v) is 23.4. The quantitative estimate of drug-likeness (QED) is 0.213. The molecule has 0 aliphatic heterocycles. The first-order valence-electron chi connectivity index (χ1n) is 13.0. The van der Waals surface area contributed by atoms with Gasteiger partial charge in [-0.2, -0.15) is 0 Å². The Balaban J connectivity index is 1.13. The van der Waals surface area contributed by atoms with Gasteiger partial charge in [0.05, 0.1) is 20.4 Å². The molecule has 0 fully saturated rings. The minimum absolute atomic E-state index is 0.822. The van der Waals surface area contributed by atoms with Crippen molar-refractivity contribution >= 4 is 94.8 Å². The molecule has 0 N–H and O–H groups in total. The molecule has 0 saturated carbocycles. The van der Waals surface area contributed by atoms with E-state index in [0.717, 1.165) is 27.9 Å². The van der Waals surface area contributed by atoms with Gasteiger partial charge in [-0.15, -0.1) is 34.0 Å². The summed E-state index contributed by atoms with van der Waals surface area (Å²) in [6.07, 6.45) is 3.73. The van der Waals surface area contributed by atoms with Crippen LogP contribution in [0.4, 0.5) is 0 Å². The van der Waals surface area contributed by atoms with Crippen LogP contribution in [0, 0.1) is 0 Å². The molecule has 0 aliphatic carbocycles. The molecule has 6 heteroatoms. The standard InChI is InChI=1S/C34H18N2OS3/c1-3-31-33(35-13-1)25-16-20(6-10-29(25)39-31)19-5-9-27-23(15-19)24-17-21(7-11-28(24)38-27)37-22-8-12-30-26(18-22)34-32(40-30)4-2-14-36-34/h1-18H. The van der Waals surface area contributed by atoms with E-state index in [2.05, 4.69) is 88.8 Å². The van der Waals surface area contributed by atoms with Gasteiger partial charge in [0.15, 0.2) is 0 Å². The molecule has 5 aromatic heterocycles. The molecule has 0 atom stereocenters. The fourth-order valence-corrected chi connectivity index (χ4v) is 8.71. The maximum atomic E-state index is 6.40. The van der Waals surface area contributed by atoms with E-state index in [1.54, 1.807) is 22.7 Å². The third-order valence-corrected chi connectivity index (χ3v) is 10.8. The van der Waals surface area contributed by atoms with Crippen LogP contribution in [0.1, 0.15) is 0 Å². The Bertz CT molecular complexity index is 2430. The van der Waals surface area contributed by atoms with Gasteiger partial charge in [-0.05, 0) is 96.1 Å². The van der Waals surface area contributed by atoms with E-state index in [-0.39, 0.29) is 0 Å². The molecular formula is C34H18N2OS3. The van der Waals surface area contributed by atoms with Gasteiger partial charge in [-0.25, -0.2) is 0 Å². The molecule has 0 amide bonds. The number of ether oxygens (including phenoxy) is 1. The summed E-state index contributed by atoms with van der Waals surface area (Å²) in [6, 6.07) is 34.5. The van der Waals surface area contributed by atoms with Crippen molar-refractivity contribution in [3.63, 3.8) is 0 Å². The fourth-order valence-electron chi connectivity index (χ4n) is 5.55. The first kappa shape index (κ1) is 22.5. The number of rotatable bonds is 3. The summed E-state index contributed by atoms with van der Waals surface area (Å²) in [5.74, 6) is 1.66. The van der Waals surface area contributed by atoms with E-state index in [4.69, 9.17) is 4.74 Å². The van der Waals surface area contributed by atoms with Crippen molar-refractivity contribution in [2.45, 2.75) is 0 Å². The van der Waals surface area contributed by atoms with Crippen LogP contribution in [0.3, 0.4) is 0 Å². The van der Waals surface area contributed by atoms with E-state index in [1.807, 2.05) is 41.9 Å². The van der Waals surface area contributed by atoms with Gasteiger partial charge in [0, 0.05) is 52.7 Å². The normalized spacial score (nSPS) is 12.0. The molecule has 4 aromatic carbocycles. The second-order valence-electron chi connectivity index (χ2n) is 9.85. The van der Waals surface area contributed by atoms with Crippen LogP contribution in [-0.4, -0.2) is 9.97 Å². The van der Waals surface area contributed by atoms with Crippen molar-refractivity contribution < 1.29 is 4.74 Å². The van der Waals surface area contributed by atoms with E-state index in [0.29, 0.717) is 0 Å². The molecule has 5 heterocycles. The van der Waals surface area contributed by atoms with E-state index in [9.17, 15) is 0 Å². The highest BCUT2D eigenvalue weighted by Crippen LogP contribution is 2.41. The van der Waals surface area contributed by atoms with Gasteiger partial charge < -0.3 is 4.74 Å². The summed E-state index contributed by atoms with van der Waals surface area (Å²) < 4.78 is 13.8. The SMILES string of the molecule is c1cnc2c(c1)sc1ccc(Oc3ccc4sc5ccc(-c6ccc7sc8cccnc8c7c6)cc5c4c3)cc12. The highest BCUT2D eigenvalue weighted by Gasteiger charge is 2.12. The van der Waals surface area contributed by atoms with Gasteiger partial charge in [0.2, 0.25) is 0 Å². The molecule has 0 radical (unpaired) electrons. The molecule has 9 aromatic rings. The average Bonchev–Trinajstić information content (AvgIpc) is 3.67. The predicted octanol–water partition coefficient (Wildman–Crippen LogP) is 11.0. The van der Waals surface area contributed by atoms with E-state index in [1.165, 1.54) is 55.5 Å². The van der Waals surface area contributed by atoms with Crippen LogP contribution >= 0.6 is 34.0 Å². The van der Waals surface area contributed by atoms with Gasteiger partial charge in [0.1, 0.15) is 11.5 Å². The van der Waals surface area contributed by atoms with Crippen molar-refractivity contribution in [2.75, 3.05) is 0 Å². The highest BCUT2D eigenvalue weighted by molar-refractivity contribution is 7.26. The fraction of sp³-hybridized carbons (Fsp3) is 0. The van der Waals surface area contributed by atoms with Gasteiger partial charge in [-0.1, -0.05) is 12.1 Å². The third kappa shape index (κ3) is 3.47. The molecule has 188 valence electrons. The summed E-state index contributed by atoms with van der Waals surface area (Å²) in [7, 11) is 0. The largest absolute Gasteiger partial charge is 0.457 e. The number of hydrogen-bond donors (Lipinski definition) is 0. The topological polar surface area (TPSA) is 35.0 Å². The van der Waals surface area contributed by atoms with E-state index < -0.39 is 0 Å². The van der Waals surface area contributed by atoms with Crippen molar-refractivity contribution in [3.8, 4) is 22.6 Å². The Morgan fingerprint density at radius 1 is 0.425 bits per heavy atom. The molecule has 0 saturated heterocycles. The molecule has 0 unspecified atom stereocenters. The zero-order valence-electron chi connectivity index (χ0n) is 20.9. The summed E-state index contributed by atoms with van der Waals surface area (Å²) in [5, 5.41) is 4.82. The molecule has 0 bridgehead atoms. The lowest BCUT2D eigenvalue weighted by Gasteiger charge is -2.07. The lowest BCUT2D eigenvalue weighted by atomic mass is 10.0. The Hall–Kier alpha value is -4.36. The van der Waals surface area contributed by atoms with Crippen molar-refractivity contribution in [1.29, 1.82) is 0 Å². The van der Waals surface area contributed by atoms with Crippen LogP contribution in [0.25, 0.3) is 71.9 Å². The number of nitrogens with zero attached hydrogens (tertiary/aromatic N) is 2.